The molecule has 0 aliphatic carbocycles. The van der Waals surface area contributed by atoms with Crippen LogP contribution in [0.4, 0.5) is 8.78 Å². The van der Waals surface area contributed by atoms with E-state index in [1.165, 1.54) is 12.1 Å². The summed E-state index contributed by atoms with van der Waals surface area (Å²) in [6.07, 6.45) is 4.17. The van der Waals surface area contributed by atoms with E-state index in [0.717, 1.165) is 34.9 Å². The first-order valence-corrected chi connectivity index (χ1v) is 9.22. The lowest BCUT2D eigenvalue weighted by Gasteiger charge is -2.13. The van der Waals surface area contributed by atoms with Gasteiger partial charge in [-0.3, -0.25) is 9.78 Å². The van der Waals surface area contributed by atoms with Crippen LogP contribution >= 0.6 is 0 Å². The Labute approximate surface area is 163 Å². The first-order chi connectivity index (χ1) is 13.4. The van der Waals surface area contributed by atoms with Crippen molar-refractivity contribution in [3.8, 4) is 0 Å². The van der Waals surface area contributed by atoms with Gasteiger partial charge in [0.15, 0.2) is 11.6 Å². The van der Waals surface area contributed by atoms with Crippen molar-refractivity contribution < 1.29 is 13.6 Å². The Kier molecular flexibility index (Phi) is 5.87. The highest BCUT2D eigenvalue weighted by Gasteiger charge is 2.22. The SMILES string of the molecule is CCc1c(C)c(C(=O)NCc2cccnc2)n(Cc2ccc(F)c(F)c2)c1C. The van der Waals surface area contributed by atoms with Gasteiger partial charge in [-0.2, -0.15) is 0 Å². The first kappa shape index (κ1) is 19.7. The molecule has 0 saturated heterocycles. The Morgan fingerprint density at radius 2 is 1.93 bits per heavy atom. The third-order valence-electron chi connectivity index (χ3n) is 4.99. The molecule has 0 radical (unpaired) electrons. The van der Waals surface area contributed by atoms with Crippen LogP contribution in [0.25, 0.3) is 0 Å². The maximum absolute atomic E-state index is 13.6. The number of amides is 1. The number of carbonyl (C=O) groups excluding carboxylic acids is 1. The summed E-state index contributed by atoms with van der Waals surface area (Å²) in [6, 6.07) is 7.53. The summed E-state index contributed by atoms with van der Waals surface area (Å²) in [6.45, 7) is 6.56. The molecule has 28 heavy (non-hydrogen) atoms. The standard InChI is InChI=1S/C22H23F2N3O/c1-4-18-14(2)21(22(28)26-12-17-6-5-9-25-11-17)27(15(18)3)13-16-7-8-19(23)20(24)10-16/h5-11H,4,12-13H2,1-3H3,(H,26,28). The molecule has 0 saturated carbocycles. The molecule has 0 aliphatic heterocycles. The van der Waals surface area contributed by atoms with E-state index >= 15 is 0 Å². The zero-order valence-corrected chi connectivity index (χ0v) is 16.2. The minimum atomic E-state index is -0.891. The summed E-state index contributed by atoms with van der Waals surface area (Å²) in [5.41, 5.74) is 5.00. The summed E-state index contributed by atoms with van der Waals surface area (Å²) in [7, 11) is 0. The molecule has 0 aliphatic rings. The Bertz CT molecular complexity index is 997. The summed E-state index contributed by atoms with van der Waals surface area (Å²) in [5.74, 6) is -1.98. The van der Waals surface area contributed by atoms with Gasteiger partial charge < -0.3 is 9.88 Å². The fourth-order valence-corrected chi connectivity index (χ4v) is 3.55. The third kappa shape index (κ3) is 3.96. The van der Waals surface area contributed by atoms with Gasteiger partial charge in [0.2, 0.25) is 0 Å². The van der Waals surface area contributed by atoms with Crippen LogP contribution in [-0.2, 0) is 19.5 Å². The molecule has 0 atom stereocenters. The number of pyridine rings is 1. The van der Waals surface area contributed by atoms with Crippen molar-refractivity contribution in [1.29, 1.82) is 0 Å². The zero-order chi connectivity index (χ0) is 20.3. The van der Waals surface area contributed by atoms with E-state index in [9.17, 15) is 13.6 Å². The van der Waals surface area contributed by atoms with Crippen molar-refractivity contribution in [2.45, 2.75) is 40.3 Å². The van der Waals surface area contributed by atoms with Crippen LogP contribution in [0.5, 0.6) is 0 Å². The fourth-order valence-electron chi connectivity index (χ4n) is 3.55. The van der Waals surface area contributed by atoms with Gasteiger partial charge in [0.05, 0.1) is 0 Å². The van der Waals surface area contributed by atoms with E-state index in [1.807, 2.05) is 37.5 Å². The smallest absolute Gasteiger partial charge is 0.268 e. The maximum Gasteiger partial charge on any atom is 0.268 e. The fraction of sp³-hybridized carbons (Fsp3) is 0.273. The van der Waals surface area contributed by atoms with Crippen LogP contribution in [0.1, 0.15) is 45.4 Å². The number of rotatable bonds is 6. The molecular formula is C22H23F2N3O. The molecular weight excluding hydrogens is 360 g/mol. The van der Waals surface area contributed by atoms with Crippen molar-refractivity contribution in [3.63, 3.8) is 0 Å². The Morgan fingerprint density at radius 3 is 2.57 bits per heavy atom. The molecule has 1 N–H and O–H groups in total. The molecule has 1 amide bonds. The third-order valence-corrected chi connectivity index (χ3v) is 4.99. The zero-order valence-electron chi connectivity index (χ0n) is 16.2. The molecule has 146 valence electrons. The Hall–Kier alpha value is -3.02. The van der Waals surface area contributed by atoms with E-state index in [-0.39, 0.29) is 5.91 Å². The van der Waals surface area contributed by atoms with Crippen molar-refractivity contribution in [2.75, 3.05) is 0 Å². The average Bonchev–Trinajstić information content (AvgIpc) is 2.93. The van der Waals surface area contributed by atoms with Crippen molar-refractivity contribution in [1.82, 2.24) is 14.9 Å². The van der Waals surface area contributed by atoms with Crippen molar-refractivity contribution >= 4 is 5.91 Å². The number of hydrogen-bond donors (Lipinski definition) is 1. The van der Waals surface area contributed by atoms with E-state index in [2.05, 4.69) is 10.3 Å². The first-order valence-electron chi connectivity index (χ1n) is 9.22. The van der Waals surface area contributed by atoms with Crippen molar-refractivity contribution in [3.05, 3.63) is 88.0 Å². The molecule has 2 heterocycles. The molecule has 0 bridgehead atoms. The highest BCUT2D eigenvalue weighted by molar-refractivity contribution is 5.95. The van der Waals surface area contributed by atoms with E-state index in [4.69, 9.17) is 0 Å². The summed E-state index contributed by atoms with van der Waals surface area (Å²) in [5, 5.41) is 2.93. The van der Waals surface area contributed by atoms with Gasteiger partial charge in [0.1, 0.15) is 5.69 Å². The normalized spacial score (nSPS) is 10.9. The molecule has 2 aromatic heterocycles. The van der Waals surface area contributed by atoms with Gasteiger partial charge in [-0.05, 0) is 60.7 Å². The van der Waals surface area contributed by atoms with E-state index in [1.54, 1.807) is 12.4 Å². The van der Waals surface area contributed by atoms with Crippen LogP contribution in [0.3, 0.4) is 0 Å². The predicted molar refractivity (Wildman–Crippen MR) is 104 cm³/mol. The highest BCUT2D eigenvalue weighted by Crippen LogP contribution is 2.24. The number of hydrogen-bond acceptors (Lipinski definition) is 2. The second kappa shape index (κ2) is 8.33. The molecule has 3 rings (SSSR count). The van der Waals surface area contributed by atoms with Crippen LogP contribution in [0.15, 0.2) is 42.7 Å². The molecule has 6 heteroatoms. The second-order valence-corrected chi connectivity index (χ2v) is 6.77. The minimum Gasteiger partial charge on any atom is -0.347 e. The van der Waals surface area contributed by atoms with Gasteiger partial charge in [-0.1, -0.05) is 19.1 Å². The molecule has 4 nitrogen and oxygen atoms in total. The predicted octanol–water partition coefficient (Wildman–Crippen LogP) is 4.32. The minimum absolute atomic E-state index is 0.202. The molecule has 0 spiro atoms. The number of nitrogens with one attached hydrogen (secondary N) is 1. The lowest BCUT2D eigenvalue weighted by atomic mass is 10.1. The molecule has 3 aromatic rings. The number of aromatic nitrogens is 2. The van der Waals surface area contributed by atoms with Gasteiger partial charge in [0.25, 0.3) is 5.91 Å². The van der Waals surface area contributed by atoms with E-state index in [0.29, 0.717) is 24.3 Å². The Balaban J connectivity index is 1.92. The number of carbonyl (C=O) groups is 1. The second-order valence-electron chi connectivity index (χ2n) is 6.77. The maximum atomic E-state index is 13.6. The van der Waals surface area contributed by atoms with Gasteiger partial charge in [-0.25, -0.2) is 8.78 Å². The number of benzene rings is 1. The lowest BCUT2D eigenvalue weighted by molar-refractivity contribution is 0.0941. The summed E-state index contributed by atoms with van der Waals surface area (Å²) < 4.78 is 28.8. The largest absolute Gasteiger partial charge is 0.347 e. The summed E-state index contributed by atoms with van der Waals surface area (Å²) in [4.78, 5) is 17.0. The molecule has 0 unspecified atom stereocenters. The highest BCUT2D eigenvalue weighted by atomic mass is 19.2. The topological polar surface area (TPSA) is 46.9 Å². The number of halogens is 2. The van der Waals surface area contributed by atoms with Gasteiger partial charge >= 0.3 is 0 Å². The van der Waals surface area contributed by atoms with Gasteiger partial charge in [0, 0.05) is 31.2 Å². The monoisotopic (exact) mass is 383 g/mol. The van der Waals surface area contributed by atoms with Crippen LogP contribution in [0.2, 0.25) is 0 Å². The Morgan fingerprint density at radius 1 is 1.14 bits per heavy atom. The van der Waals surface area contributed by atoms with E-state index < -0.39 is 11.6 Å². The van der Waals surface area contributed by atoms with Gasteiger partial charge in [-0.15, -0.1) is 0 Å². The quantitative estimate of drug-likeness (QED) is 0.689. The molecule has 0 fully saturated rings. The number of nitrogens with zero attached hydrogens (tertiary/aromatic N) is 2. The van der Waals surface area contributed by atoms with Crippen LogP contribution in [0, 0.1) is 25.5 Å². The lowest BCUT2D eigenvalue weighted by Crippen LogP contribution is -2.26. The average molecular weight is 383 g/mol. The summed E-state index contributed by atoms with van der Waals surface area (Å²) >= 11 is 0. The van der Waals surface area contributed by atoms with Crippen LogP contribution < -0.4 is 5.32 Å². The van der Waals surface area contributed by atoms with Crippen molar-refractivity contribution in [2.24, 2.45) is 0 Å². The molecule has 1 aromatic carbocycles. The van der Waals surface area contributed by atoms with Crippen LogP contribution in [-0.4, -0.2) is 15.5 Å².